The highest BCUT2D eigenvalue weighted by Crippen LogP contribution is 2.31. The molecule has 0 saturated carbocycles. The smallest absolute Gasteiger partial charge is 0.325 e. The van der Waals surface area contributed by atoms with Crippen molar-refractivity contribution in [1.82, 2.24) is 10.3 Å². The quantitative estimate of drug-likeness (QED) is 0.674. The molecule has 0 unspecified atom stereocenters. The number of fused-ring (bicyclic) bond motifs is 1. The Hall–Kier alpha value is -2.80. The Morgan fingerprint density at radius 2 is 2.04 bits per heavy atom. The van der Waals surface area contributed by atoms with Gasteiger partial charge in [0, 0.05) is 16.3 Å². The summed E-state index contributed by atoms with van der Waals surface area (Å²) in [6, 6.07) is 10.8. The number of nitrogens with one attached hydrogen (secondary N) is 1. The van der Waals surface area contributed by atoms with Gasteiger partial charge in [0.05, 0.1) is 18.7 Å². The first-order chi connectivity index (χ1) is 12.6. The van der Waals surface area contributed by atoms with Crippen molar-refractivity contribution in [3.8, 4) is 10.6 Å². The molecule has 1 N–H and O–H groups in total. The van der Waals surface area contributed by atoms with Crippen molar-refractivity contribution in [1.29, 1.82) is 0 Å². The second-order valence-corrected chi connectivity index (χ2v) is 6.41. The standard InChI is InChI=1S/C19H17FN2O3S/c1-2-25-17(24)10-21-16(23)9-13-11-26-19(22-13)15-8-7-12-5-3-4-6-14(12)18(15)20/h3-8,11H,2,9-10H2,1H3,(H,21,23). The fourth-order valence-electron chi connectivity index (χ4n) is 2.52. The second-order valence-electron chi connectivity index (χ2n) is 5.55. The molecule has 0 atom stereocenters. The molecule has 26 heavy (non-hydrogen) atoms. The van der Waals surface area contributed by atoms with Gasteiger partial charge >= 0.3 is 5.97 Å². The molecule has 0 saturated heterocycles. The normalized spacial score (nSPS) is 10.7. The first kappa shape index (κ1) is 18.0. The highest BCUT2D eigenvalue weighted by Gasteiger charge is 2.14. The van der Waals surface area contributed by atoms with E-state index in [4.69, 9.17) is 4.74 Å². The van der Waals surface area contributed by atoms with E-state index in [0.717, 1.165) is 5.39 Å². The van der Waals surface area contributed by atoms with Crippen LogP contribution in [-0.2, 0) is 20.7 Å². The maximum Gasteiger partial charge on any atom is 0.325 e. The molecule has 3 rings (SSSR count). The number of rotatable bonds is 6. The fourth-order valence-corrected chi connectivity index (χ4v) is 3.36. The van der Waals surface area contributed by atoms with Crippen LogP contribution in [0.3, 0.4) is 0 Å². The summed E-state index contributed by atoms with van der Waals surface area (Å²) in [4.78, 5) is 27.5. The van der Waals surface area contributed by atoms with E-state index >= 15 is 0 Å². The van der Waals surface area contributed by atoms with Gasteiger partial charge in [-0.25, -0.2) is 9.37 Å². The lowest BCUT2D eigenvalue weighted by Crippen LogP contribution is -2.31. The van der Waals surface area contributed by atoms with Gasteiger partial charge in [0.2, 0.25) is 5.91 Å². The zero-order valence-corrected chi connectivity index (χ0v) is 14.9. The van der Waals surface area contributed by atoms with E-state index in [0.29, 0.717) is 21.7 Å². The van der Waals surface area contributed by atoms with Crippen molar-refractivity contribution in [2.75, 3.05) is 13.2 Å². The van der Waals surface area contributed by atoms with Crippen molar-refractivity contribution in [2.24, 2.45) is 0 Å². The molecule has 0 aliphatic rings. The molecule has 0 radical (unpaired) electrons. The van der Waals surface area contributed by atoms with Crippen molar-refractivity contribution in [3.63, 3.8) is 0 Å². The van der Waals surface area contributed by atoms with Gasteiger partial charge in [0.1, 0.15) is 17.4 Å². The maximum atomic E-state index is 14.7. The SMILES string of the molecule is CCOC(=O)CNC(=O)Cc1csc(-c2ccc3ccccc3c2F)n1. The van der Waals surface area contributed by atoms with Crippen molar-refractivity contribution in [3.05, 3.63) is 53.3 Å². The van der Waals surface area contributed by atoms with Crippen LogP contribution in [0.4, 0.5) is 4.39 Å². The molecule has 2 aromatic carbocycles. The zero-order valence-electron chi connectivity index (χ0n) is 14.1. The molecular formula is C19H17FN2O3S. The zero-order chi connectivity index (χ0) is 18.5. The summed E-state index contributed by atoms with van der Waals surface area (Å²) in [5.74, 6) is -1.15. The van der Waals surface area contributed by atoms with Crippen LogP contribution in [0, 0.1) is 5.82 Å². The molecule has 134 valence electrons. The molecule has 1 heterocycles. The average Bonchev–Trinajstić information content (AvgIpc) is 3.09. The first-order valence-corrected chi connectivity index (χ1v) is 9.00. The molecule has 0 aliphatic carbocycles. The summed E-state index contributed by atoms with van der Waals surface area (Å²) in [7, 11) is 0. The van der Waals surface area contributed by atoms with Crippen molar-refractivity contribution in [2.45, 2.75) is 13.3 Å². The predicted molar refractivity (Wildman–Crippen MR) is 98.4 cm³/mol. The average molecular weight is 372 g/mol. The Labute approximate surface area is 153 Å². The topological polar surface area (TPSA) is 68.3 Å². The van der Waals surface area contributed by atoms with Crippen LogP contribution < -0.4 is 5.32 Å². The lowest BCUT2D eigenvalue weighted by atomic mass is 10.1. The summed E-state index contributed by atoms with van der Waals surface area (Å²) >= 11 is 1.28. The van der Waals surface area contributed by atoms with Gasteiger partial charge in [-0.05, 0) is 18.4 Å². The largest absolute Gasteiger partial charge is 0.465 e. The number of nitrogens with zero attached hydrogens (tertiary/aromatic N) is 1. The highest BCUT2D eigenvalue weighted by molar-refractivity contribution is 7.13. The molecule has 0 aliphatic heterocycles. The van der Waals surface area contributed by atoms with Crippen molar-refractivity contribution >= 4 is 34.0 Å². The minimum absolute atomic E-state index is 0.0190. The van der Waals surface area contributed by atoms with Crippen LogP contribution in [0.5, 0.6) is 0 Å². The molecule has 0 fully saturated rings. The molecule has 0 bridgehead atoms. The summed E-state index contributed by atoms with van der Waals surface area (Å²) in [5.41, 5.74) is 0.936. The van der Waals surface area contributed by atoms with E-state index in [-0.39, 0.29) is 31.3 Å². The highest BCUT2D eigenvalue weighted by atomic mass is 32.1. The molecule has 1 amide bonds. The van der Waals surface area contributed by atoms with E-state index in [1.807, 2.05) is 18.2 Å². The number of carbonyl (C=O) groups is 2. The van der Waals surface area contributed by atoms with E-state index in [1.165, 1.54) is 11.3 Å². The van der Waals surface area contributed by atoms with Crippen LogP contribution >= 0.6 is 11.3 Å². The third kappa shape index (κ3) is 4.05. The van der Waals surface area contributed by atoms with Crippen LogP contribution in [0.2, 0.25) is 0 Å². The summed E-state index contributed by atoms with van der Waals surface area (Å²) in [6.07, 6.45) is 0.0190. The second kappa shape index (κ2) is 8.05. The Bertz CT molecular complexity index is 955. The van der Waals surface area contributed by atoms with Gasteiger partial charge < -0.3 is 10.1 Å². The minimum Gasteiger partial charge on any atom is -0.465 e. The predicted octanol–water partition coefficient (Wildman–Crippen LogP) is 3.32. The van der Waals surface area contributed by atoms with Crippen LogP contribution in [0.15, 0.2) is 41.8 Å². The Balaban J connectivity index is 1.71. The number of amides is 1. The van der Waals surface area contributed by atoms with Gasteiger partial charge in [0.25, 0.3) is 0 Å². The first-order valence-electron chi connectivity index (χ1n) is 8.13. The van der Waals surface area contributed by atoms with Crippen molar-refractivity contribution < 1.29 is 18.7 Å². The number of halogens is 1. The monoisotopic (exact) mass is 372 g/mol. The number of ether oxygens (including phenoxy) is 1. The number of hydrogen-bond donors (Lipinski definition) is 1. The van der Waals surface area contributed by atoms with Gasteiger partial charge in [0.15, 0.2) is 0 Å². The summed E-state index contributed by atoms with van der Waals surface area (Å²) in [6.45, 7) is 1.78. The molecule has 3 aromatic rings. The molecular weight excluding hydrogens is 355 g/mol. The third-order valence-electron chi connectivity index (χ3n) is 3.72. The Morgan fingerprint density at radius 1 is 1.23 bits per heavy atom. The lowest BCUT2D eigenvalue weighted by molar-refractivity contribution is -0.143. The van der Waals surface area contributed by atoms with Crippen LogP contribution in [0.25, 0.3) is 21.3 Å². The molecule has 0 spiro atoms. The fraction of sp³-hybridized carbons (Fsp3) is 0.211. The third-order valence-corrected chi connectivity index (χ3v) is 4.65. The van der Waals surface area contributed by atoms with E-state index in [9.17, 15) is 14.0 Å². The van der Waals surface area contributed by atoms with Gasteiger partial charge in [-0.15, -0.1) is 11.3 Å². The van der Waals surface area contributed by atoms with Gasteiger partial charge in [-0.2, -0.15) is 0 Å². The van der Waals surface area contributed by atoms with Gasteiger partial charge in [-0.3, -0.25) is 9.59 Å². The molecule has 1 aromatic heterocycles. The lowest BCUT2D eigenvalue weighted by Gasteiger charge is -2.04. The Kier molecular flexibility index (Phi) is 5.58. The van der Waals surface area contributed by atoms with E-state index in [1.54, 1.807) is 30.5 Å². The summed E-state index contributed by atoms with van der Waals surface area (Å²) in [5, 5.41) is 6.07. The number of thiazole rings is 1. The van der Waals surface area contributed by atoms with Crippen LogP contribution in [-0.4, -0.2) is 30.0 Å². The molecule has 5 nitrogen and oxygen atoms in total. The number of esters is 1. The van der Waals surface area contributed by atoms with Crippen LogP contribution in [0.1, 0.15) is 12.6 Å². The van der Waals surface area contributed by atoms with E-state index in [2.05, 4.69) is 10.3 Å². The van der Waals surface area contributed by atoms with Gasteiger partial charge in [-0.1, -0.05) is 30.3 Å². The molecule has 7 heteroatoms. The number of benzene rings is 2. The number of hydrogen-bond acceptors (Lipinski definition) is 5. The van der Waals surface area contributed by atoms with E-state index < -0.39 is 5.97 Å². The minimum atomic E-state index is -0.488. The number of carbonyl (C=O) groups excluding carboxylic acids is 2. The summed E-state index contributed by atoms with van der Waals surface area (Å²) < 4.78 is 19.5. The maximum absolute atomic E-state index is 14.7. The number of aromatic nitrogens is 1. The Morgan fingerprint density at radius 3 is 2.85 bits per heavy atom.